The third kappa shape index (κ3) is 3.47. The molecule has 0 heterocycles. The highest BCUT2D eigenvalue weighted by Gasteiger charge is 2.35. The van der Waals surface area contributed by atoms with Gasteiger partial charge in [-0.3, -0.25) is 0 Å². The fraction of sp³-hybridized carbons (Fsp3) is 0.600. The molecule has 0 unspecified atom stereocenters. The second kappa shape index (κ2) is 6.21. The summed E-state index contributed by atoms with van der Waals surface area (Å²) in [6, 6.07) is 4.91. The minimum absolute atomic E-state index is 0.197. The van der Waals surface area contributed by atoms with Gasteiger partial charge in [0.1, 0.15) is 5.82 Å². The Hall–Kier alpha value is -0.640. The molecular weight excluding hydrogens is 263 g/mol. The molecule has 0 atom stereocenters. The molecule has 2 rings (SSSR count). The summed E-state index contributed by atoms with van der Waals surface area (Å²) in [5, 5.41) is 3.69. The molecule has 0 spiro atoms. The molecule has 106 valence electrons. The first-order valence-electron chi connectivity index (χ1n) is 6.86. The van der Waals surface area contributed by atoms with Crippen molar-refractivity contribution in [2.75, 3.05) is 20.6 Å². The maximum atomic E-state index is 13.1. The molecule has 0 aromatic heterocycles. The van der Waals surface area contributed by atoms with Gasteiger partial charge in [-0.25, -0.2) is 4.39 Å². The van der Waals surface area contributed by atoms with Crippen molar-refractivity contribution in [3.05, 3.63) is 34.6 Å². The van der Waals surface area contributed by atoms with Crippen LogP contribution in [0.3, 0.4) is 0 Å². The third-order valence-electron chi connectivity index (χ3n) is 4.25. The fourth-order valence-electron chi connectivity index (χ4n) is 2.90. The summed E-state index contributed by atoms with van der Waals surface area (Å²) in [4.78, 5) is 2.34. The van der Waals surface area contributed by atoms with Crippen molar-refractivity contribution >= 4 is 11.6 Å². The third-order valence-corrected chi connectivity index (χ3v) is 4.54. The van der Waals surface area contributed by atoms with E-state index in [0.717, 1.165) is 18.7 Å². The van der Waals surface area contributed by atoms with E-state index in [9.17, 15) is 4.39 Å². The molecule has 1 aromatic rings. The van der Waals surface area contributed by atoms with Gasteiger partial charge in [0.15, 0.2) is 0 Å². The molecule has 0 aliphatic heterocycles. The molecule has 1 aliphatic carbocycles. The fourth-order valence-corrected chi connectivity index (χ4v) is 3.11. The van der Waals surface area contributed by atoms with E-state index in [0.29, 0.717) is 0 Å². The van der Waals surface area contributed by atoms with Gasteiger partial charge in [-0.05, 0) is 44.6 Å². The number of hydrogen-bond donors (Lipinski definition) is 1. The van der Waals surface area contributed by atoms with E-state index >= 15 is 0 Å². The average molecular weight is 285 g/mol. The van der Waals surface area contributed by atoms with Crippen molar-refractivity contribution in [1.82, 2.24) is 10.2 Å². The molecular formula is C15H22ClFN2. The van der Waals surface area contributed by atoms with Crippen LogP contribution in [0, 0.1) is 5.82 Å². The number of likely N-dealkylation sites (N-methyl/N-ethyl adjacent to an activating group) is 1. The molecule has 4 heteroatoms. The van der Waals surface area contributed by atoms with Gasteiger partial charge in [0.25, 0.3) is 0 Å². The topological polar surface area (TPSA) is 15.3 Å². The first-order valence-corrected chi connectivity index (χ1v) is 7.23. The lowest BCUT2D eigenvalue weighted by molar-refractivity contribution is 0.153. The lowest BCUT2D eigenvalue weighted by Crippen LogP contribution is -2.49. The predicted molar refractivity (Wildman–Crippen MR) is 78.0 cm³/mol. The normalized spacial score (nSPS) is 18.2. The molecule has 0 amide bonds. The Morgan fingerprint density at radius 2 is 2.00 bits per heavy atom. The van der Waals surface area contributed by atoms with Gasteiger partial charge in [-0.2, -0.15) is 0 Å². The quantitative estimate of drug-likeness (QED) is 0.891. The van der Waals surface area contributed by atoms with Gasteiger partial charge >= 0.3 is 0 Å². The van der Waals surface area contributed by atoms with Crippen LogP contribution in [0.4, 0.5) is 4.39 Å². The maximum Gasteiger partial charge on any atom is 0.141 e. The van der Waals surface area contributed by atoms with Crippen LogP contribution in [0.2, 0.25) is 5.02 Å². The maximum absolute atomic E-state index is 13.1. The second-order valence-electron chi connectivity index (χ2n) is 5.68. The minimum atomic E-state index is -0.356. The first kappa shape index (κ1) is 14.8. The van der Waals surface area contributed by atoms with Crippen LogP contribution < -0.4 is 5.32 Å². The SMILES string of the molecule is CN(C)C1(CNCc2ccc(F)c(Cl)c2)CCCC1. The van der Waals surface area contributed by atoms with Gasteiger partial charge < -0.3 is 10.2 Å². The van der Waals surface area contributed by atoms with Crippen molar-refractivity contribution in [1.29, 1.82) is 0 Å². The lowest BCUT2D eigenvalue weighted by atomic mass is 9.96. The van der Waals surface area contributed by atoms with E-state index in [4.69, 9.17) is 11.6 Å². The summed E-state index contributed by atoms with van der Waals surface area (Å²) in [7, 11) is 4.31. The molecule has 1 aromatic carbocycles. The van der Waals surface area contributed by atoms with E-state index in [1.807, 2.05) is 0 Å². The van der Waals surface area contributed by atoms with Gasteiger partial charge in [0.05, 0.1) is 5.02 Å². The summed E-state index contributed by atoms with van der Waals surface area (Å²) in [5.41, 5.74) is 1.31. The summed E-state index contributed by atoms with van der Waals surface area (Å²) < 4.78 is 13.1. The zero-order valence-corrected chi connectivity index (χ0v) is 12.4. The highest BCUT2D eigenvalue weighted by Crippen LogP contribution is 2.33. The van der Waals surface area contributed by atoms with Crippen molar-refractivity contribution in [3.8, 4) is 0 Å². The van der Waals surface area contributed by atoms with Gasteiger partial charge in [0, 0.05) is 18.6 Å². The summed E-state index contributed by atoms with van der Waals surface area (Å²) in [6.45, 7) is 1.70. The Labute approximate surface area is 119 Å². The minimum Gasteiger partial charge on any atom is -0.311 e. The number of nitrogens with zero attached hydrogens (tertiary/aromatic N) is 1. The van der Waals surface area contributed by atoms with Crippen LogP contribution in [0.5, 0.6) is 0 Å². The Morgan fingerprint density at radius 1 is 1.32 bits per heavy atom. The zero-order valence-electron chi connectivity index (χ0n) is 11.7. The largest absolute Gasteiger partial charge is 0.311 e. The van der Waals surface area contributed by atoms with Crippen LogP contribution in [-0.2, 0) is 6.54 Å². The average Bonchev–Trinajstić information content (AvgIpc) is 2.84. The smallest absolute Gasteiger partial charge is 0.141 e. The number of rotatable bonds is 5. The van der Waals surface area contributed by atoms with E-state index in [2.05, 4.69) is 24.3 Å². The molecule has 19 heavy (non-hydrogen) atoms. The van der Waals surface area contributed by atoms with Crippen LogP contribution in [0.1, 0.15) is 31.2 Å². The highest BCUT2D eigenvalue weighted by molar-refractivity contribution is 6.30. The Balaban J connectivity index is 1.90. The summed E-state index contributed by atoms with van der Waals surface area (Å²) in [6.07, 6.45) is 5.11. The Morgan fingerprint density at radius 3 is 2.58 bits per heavy atom. The number of halogens is 2. The second-order valence-corrected chi connectivity index (χ2v) is 6.09. The van der Waals surface area contributed by atoms with Crippen molar-refractivity contribution in [2.45, 2.75) is 37.8 Å². The lowest BCUT2D eigenvalue weighted by Gasteiger charge is -2.36. The van der Waals surface area contributed by atoms with E-state index in [-0.39, 0.29) is 16.4 Å². The molecule has 2 nitrogen and oxygen atoms in total. The van der Waals surface area contributed by atoms with E-state index in [1.165, 1.54) is 31.7 Å². The van der Waals surface area contributed by atoms with Gasteiger partial charge in [0.2, 0.25) is 0 Å². The molecule has 0 radical (unpaired) electrons. The predicted octanol–water partition coefficient (Wildman–Crippen LogP) is 3.44. The van der Waals surface area contributed by atoms with Crippen LogP contribution in [0.25, 0.3) is 0 Å². The summed E-state index contributed by atoms with van der Waals surface area (Å²) >= 11 is 5.79. The monoisotopic (exact) mass is 284 g/mol. The van der Waals surface area contributed by atoms with Crippen molar-refractivity contribution in [3.63, 3.8) is 0 Å². The molecule has 1 aliphatic rings. The number of hydrogen-bond acceptors (Lipinski definition) is 2. The van der Waals surface area contributed by atoms with Crippen LogP contribution >= 0.6 is 11.6 Å². The Bertz CT molecular complexity index is 428. The van der Waals surface area contributed by atoms with Gasteiger partial charge in [-0.1, -0.05) is 30.5 Å². The number of nitrogens with one attached hydrogen (secondary N) is 1. The van der Waals surface area contributed by atoms with Crippen LogP contribution in [-0.4, -0.2) is 31.1 Å². The van der Waals surface area contributed by atoms with Crippen LogP contribution in [0.15, 0.2) is 18.2 Å². The standard InChI is InChI=1S/C15H22ClFN2/c1-19(2)15(7-3-4-8-15)11-18-10-12-5-6-14(17)13(16)9-12/h5-6,9,18H,3-4,7-8,10-11H2,1-2H3. The molecule has 0 saturated heterocycles. The zero-order chi connectivity index (χ0) is 13.9. The number of benzene rings is 1. The van der Waals surface area contributed by atoms with Gasteiger partial charge in [-0.15, -0.1) is 0 Å². The highest BCUT2D eigenvalue weighted by atomic mass is 35.5. The Kier molecular flexibility index (Phi) is 4.82. The van der Waals surface area contributed by atoms with E-state index < -0.39 is 0 Å². The molecule has 1 saturated carbocycles. The molecule has 1 fully saturated rings. The molecule has 1 N–H and O–H groups in total. The summed E-state index contributed by atoms with van der Waals surface area (Å²) in [5.74, 6) is -0.356. The molecule has 0 bridgehead atoms. The van der Waals surface area contributed by atoms with Crippen molar-refractivity contribution < 1.29 is 4.39 Å². The van der Waals surface area contributed by atoms with E-state index in [1.54, 1.807) is 12.1 Å². The first-order chi connectivity index (χ1) is 9.03. The van der Waals surface area contributed by atoms with Crippen molar-refractivity contribution in [2.24, 2.45) is 0 Å².